The smallest absolute Gasteiger partial charge is 0.230 e. The van der Waals surface area contributed by atoms with Crippen LogP contribution in [0.1, 0.15) is 24.8 Å². The zero-order valence-electron chi connectivity index (χ0n) is 11.2. The van der Waals surface area contributed by atoms with Crippen molar-refractivity contribution in [2.45, 2.75) is 29.5 Å². The number of ether oxygens (including phenoxy) is 1. The topological polar surface area (TPSA) is 38.3 Å². The van der Waals surface area contributed by atoms with Gasteiger partial charge in [-0.3, -0.25) is 4.79 Å². The molecule has 0 aliphatic heterocycles. The molecule has 1 atom stereocenters. The third-order valence-corrected chi connectivity index (χ3v) is 4.32. The van der Waals surface area contributed by atoms with Crippen molar-refractivity contribution in [2.24, 2.45) is 0 Å². The molecule has 1 fully saturated rings. The van der Waals surface area contributed by atoms with Crippen molar-refractivity contribution in [1.82, 2.24) is 5.32 Å². The van der Waals surface area contributed by atoms with Crippen LogP contribution in [0.25, 0.3) is 0 Å². The first-order chi connectivity index (χ1) is 9.19. The molecule has 0 bridgehead atoms. The quantitative estimate of drug-likeness (QED) is 0.783. The van der Waals surface area contributed by atoms with Crippen molar-refractivity contribution in [1.29, 1.82) is 0 Å². The minimum absolute atomic E-state index is 0.163. The van der Waals surface area contributed by atoms with Crippen LogP contribution in [0.15, 0.2) is 30.3 Å². The molecule has 1 aromatic rings. The van der Waals surface area contributed by atoms with Crippen LogP contribution in [-0.2, 0) is 14.9 Å². The molecule has 0 heterocycles. The predicted octanol–water partition coefficient (Wildman–Crippen LogP) is 2.63. The van der Waals surface area contributed by atoms with E-state index in [1.54, 1.807) is 7.11 Å². The molecule has 4 heteroatoms. The number of benzene rings is 1. The first-order valence-corrected chi connectivity index (χ1v) is 7.57. The maximum atomic E-state index is 12.3. The molecule has 0 saturated heterocycles. The Hall–Kier alpha value is -0.870. The Morgan fingerprint density at radius 2 is 2.11 bits per heavy atom. The Kier molecular flexibility index (Phi) is 4.99. The van der Waals surface area contributed by atoms with E-state index >= 15 is 0 Å². The summed E-state index contributed by atoms with van der Waals surface area (Å²) >= 11 is 3.52. The van der Waals surface area contributed by atoms with Crippen LogP contribution in [0.5, 0.6) is 0 Å². The lowest BCUT2D eigenvalue weighted by atomic mass is 9.95. The normalized spacial score (nSPS) is 17.8. The van der Waals surface area contributed by atoms with E-state index in [1.807, 2.05) is 30.3 Å². The van der Waals surface area contributed by atoms with Gasteiger partial charge in [0.2, 0.25) is 5.91 Å². The summed E-state index contributed by atoms with van der Waals surface area (Å²) in [7, 11) is 1.68. The van der Waals surface area contributed by atoms with Crippen molar-refractivity contribution < 1.29 is 9.53 Å². The average molecular weight is 326 g/mol. The molecule has 104 valence electrons. The van der Waals surface area contributed by atoms with E-state index in [0.717, 1.165) is 24.8 Å². The van der Waals surface area contributed by atoms with Gasteiger partial charge in [-0.25, -0.2) is 0 Å². The fraction of sp³-hybridized carbons (Fsp3) is 0.533. The molecule has 1 aliphatic carbocycles. The number of hydrogen-bond donors (Lipinski definition) is 1. The predicted molar refractivity (Wildman–Crippen MR) is 79.6 cm³/mol. The minimum Gasteiger partial charge on any atom is -0.384 e. The Labute approximate surface area is 122 Å². The van der Waals surface area contributed by atoms with E-state index in [4.69, 9.17) is 4.74 Å². The van der Waals surface area contributed by atoms with Crippen LogP contribution in [0.2, 0.25) is 0 Å². The lowest BCUT2D eigenvalue weighted by molar-refractivity contribution is -0.123. The second-order valence-electron chi connectivity index (χ2n) is 5.05. The zero-order valence-corrected chi connectivity index (χ0v) is 12.8. The molecule has 3 nitrogen and oxygen atoms in total. The summed E-state index contributed by atoms with van der Waals surface area (Å²) in [5.74, 6) is 0.163. The van der Waals surface area contributed by atoms with E-state index in [-0.39, 0.29) is 11.3 Å². The highest BCUT2D eigenvalue weighted by atomic mass is 79.9. The van der Waals surface area contributed by atoms with Gasteiger partial charge in [0.25, 0.3) is 0 Å². The molecule has 1 amide bonds. The highest BCUT2D eigenvalue weighted by Gasteiger charge is 2.50. The fourth-order valence-electron chi connectivity index (χ4n) is 2.30. The van der Waals surface area contributed by atoms with Gasteiger partial charge in [-0.15, -0.1) is 0 Å². The SMILES string of the molecule is COCC(Br)CCNC(=O)C1(c2ccccc2)CC1. The van der Waals surface area contributed by atoms with Crippen molar-refractivity contribution >= 4 is 21.8 Å². The number of nitrogens with one attached hydrogen (secondary N) is 1. The van der Waals surface area contributed by atoms with Gasteiger partial charge in [-0.2, -0.15) is 0 Å². The van der Waals surface area contributed by atoms with Crippen molar-refractivity contribution in [2.75, 3.05) is 20.3 Å². The molecule has 0 radical (unpaired) electrons. The number of alkyl halides is 1. The summed E-state index contributed by atoms with van der Waals surface area (Å²) in [5.41, 5.74) is 0.879. The van der Waals surface area contributed by atoms with Crippen molar-refractivity contribution in [3.05, 3.63) is 35.9 Å². The summed E-state index contributed by atoms with van der Waals surface area (Å²) in [6.07, 6.45) is 2.79. The van der Waals surface area contributed by atoms with Gasteiger partial charge in [-0.05, 0) is 24.8 Å². The van der Waals surface area contributed by atoms with Crippen LogP contribution < -0.4 is 5.32 Å². The average Bonchev–Trinajstić information content (AvgIpc) is 3.21. The Morgan fingerprint density at radius 3 is 2.68 bits per heavy atom. The summed E-state index contributed by atoms with van der Waals surface area (Å²) < 4.78 is 5.05. The molecule has 1 saturated carbocycles. The largest absolute Gasteiger partial charge is 0.384 e. The molecule has 0 spiro atoms. The van der Waals surface area contributed by atoms with Crippen LogP contribution in [0.3, 0.4) is 0 Å². The summed E-state index contributed by atoms with van der Waals surface area (Å²) in [4.78, 5) is 12.6. The van der Waals surface area contributed by atoms with E-state index in [0.29, 0.717) is 18.0 Å². The van der Waals surface area contributed by atoms with Gasteiger partial charge in [0, 0.05) is 18.5 Å². The minimum atomic E-state index is -0.260. The van der Waals surface area contributed by atoms with Crippen LogP contribution in [-0.4, -0.2) is 31.0 Å². The molecular formula is C15H20BrNO2. The monoisotopic (exact) mass is 325 g/mol. The Morgan fingerprint density at radius 1 is 1.42 bits per heavy atom. The fourth-order valence-corrected chi connectivity index (χ4v) is 2.80. The number of methoxy groups -OCH3 is 1. The van der Waals surface area contributed by atoms with Crippen molar-refractivity contribution in [3.63, 3.8) is 0 Å². The first-order valence-electron chi connectivity index (χ1n) is 6.66. The van der Waals surface area contributed by atoms with Crippen molar-refractivity contribution in [3.8, 4) is 0 Å². The molecule has 1 N–H and O–H groups in total. The summed E-state index contributed by atoms with van der Waals surface area (Å²) in [6, 6.07) is 10.1. The standard InChI is InChI=1S/C15H20BrNO2/c1-19-11-13(16)7-10-17-14(18)15(8-9-15)12-5-3-2-4-6-12/h2-6,13H,7-11H2,1H3,(H,17,18). The molecule has 1 unspecified atom stereocenters. The van der Waals surface area contributed by atoms with Crippen LogP contribution in [0, 0.1) is 0 Å². The number of halogens is 1. The second-order valence-corrected chi connectivity index (χ2v) is 6.34. The van der Waals surface area contributed by atoms with Gasteiger partial charge in [-0.1, -0.05) is 46.3 Å². The van der Waals surface area contributed by atoms with Crippen LogP contribution in [0.4, 0.5) is 0 Å². The molecular weight excluding hydrogens is 306 g/mol. The van der Waals surface area contributed by atoms with Gasteiger partial charge in [0.05, 0.1) is 12.0 Å². The number of carbonyl (C=O) groups is 1. The van der Waals surface area contributed by atoms with E-state index in [2.05, 4.69) is 21.2 Å². The summed E-state index contributed by atoms with van der Waals surface area (Å²) in [5, 5.41) is 3.05. The van der Waals surface area contributed by atoms with Crippen LogP contribution >= 0.6 is 15.9 Å². The maximum absolute atomic E-state index is 12.3. The highest BCUT2D eigenvalue weighted by Crippen LogP contribution is 2.48. The molecule has 2 rings (SSSR count). The third kappa shape index (κ3) is 3.57. The maximum Gasteiger partial charge on any atom is 0.230 e. The zero-order chi connectivity index (χ0) is 13.7. The third-order valence-electron chi connectivity index (χ3n) is 3.60. The number of rotatable bonds is 7. The first kappa shape index (κ1) is 14.5. The van der Waals surface area contributed by atoms with Gasteiger partial charge in [0.1, 0.15) is 0 Å². The summed E-state index contributed by atoms with van der Waals surface area (Å²) in [6.45, 7) is 1.35. The molecule has 1 aliphatic rings. The van der Waals surface area contributed by atoms with Gasteiger partial charge in [0.15, 0.2) is 0 Å². The highest BCUT2D eigenvalue weighted by molar-refractivity contribution is 9.09. The lowest BCUT2D eigenvalue weighted by Gasteiger charge is -2.16. The second kappa shape index (κ2) is 6.53. The molecule has 19 heavy (non-hydrogen) atoms. The lowest BCUT2D eigenvalue weighted by Crippen LogP contribution is -2.36. The Bertz CT molecular complexity index is 417. The number of amides is 1. The van der Waals surface area contributed by atoms with Gasteiger partial charge < -0.3 is 10.1 Å². The molecule has 1 aromatic carbocycles. The van der Waals surface area contributed by atoms with Gasteiger partial charge >= 0.3 is 0 Å². The molecule has 0 aromatic heterocycles. The Balaban J connectivity index is 1.84. The van der Waals surface area contributed by atoms with E-state index in [9.17, 15) is 4.79 Å². The van der Waals surface area contributed by atoms with E-state index < -0.39 is 0 Å². The number of carbonyl (C=O) groups excluding carboxylic acids is 1. The number of hydrogen-bond acceptors (Lipinski definition) is 2. The van der Waals surface area contributed by atoms with E-state index in [1.165, 1.54) is 0 Å².